The third-order valence-electron chi connectivity index (χ3n) is 4.06. The molecule has 3 rings (SSSR count). The fourth-order valence-electron chi connectivity index (χ4n) is 2.59. The Balaban J connectivity index is 1.30. The van der Waals surface area contributed by atoms with Crippen molar-refractivity contribution in [3.63, 3.8) is 0 Å². The second-order valence-electron chi connectivity index (χ2n) is 6.41. The minimum absolute atomic E-state index is 0.340. The van der Waals surface area contributed by atoms with E-state index >= 15 is 0 Å². The number of thioether (sulfide) groups is 6. The number of carbonyl (C=O) groups is 2. The van der Waals surface area contributed by atoms with Gasteiger partial charge in [0, 0.05) is 45.7 Å². The van der Waals surface area contributed by atoms with Gasteiger partial charge in [-0.2, -0.15) is 0 Å². The second-order valence-corrected chi connectivity index (χ2v) is 16.2. The zero-order valence-corrected chi connectivity index (χ0v) is 22.5. The molecule has 0 amide bonds. The van der Waals surface area contributed by atoms with Crippen LogP contribution in [0, 0.1) is 0 Å². The number of thiophene rings is 1. The van der Waals surface area contributed by atoms with E-state index in [0.717, 1.165) is 23.0 Å². The van der Waals surface area contributed by atoms with Crippen LogP contribution in [0.25, 0.3) is 0 Å². The first kappa shape index (κ1) is 25.8. The lowest BCUT2D eigenvalue weighted by Gasteiger charge is -2.10. The molecular formula is C20H24O4S7. The minimum Gasteiger partial charge on any atom is -0.461 e. The van der Waals surface area contributed by atoms with Gasteiger partial charge in [0.15, 0.2) is 0 Å². The molecule has 170 valence electrons. The summed E-state index contributed by atoms with van der Waals surface area (Å²) < 4.78 is 14.1. The van der Waals surface area contributed by atoms with Gasteiger partial charge in [-0.1, -0.05) is 13.2 Å². The Kier molecular flexibility index (Phi) is 11.5. The number of rotatable bonds is 12. The standard InChI is InChI=1S/C20H24O4S7/c1-3-15(21)23-7-13-9-25-19(29-13)11-27-17-5-6-18(31-17)28-12-20-26-10-14(30-20)8-24-16(22)4-2/h3-6,13-14,19-20H,1-2,7-12H2. The molecule has 2 aliphatic rings. The van der Waals surface area contributed by atoms with E-state index in [4.69, 9.17) is 9.47 Å². The van der Waals surface area contributed by atoms with Crippen LogP contribution in [0.2, 0.25) is 0 Å². The predicted molar refractivity (Wildman–Crippen MR) is 143 cm³/mol. The monoisotopic (exact) mass is 552 g/mol. The Bertz CT molecular complexity index is 708. The molecule has 0 aliphatic carbocycles. The fraction of sp³-hybridized carbons (Fsp3) is 0.500. The minimum atomic E-state index is -0.340. The largest absolute Gasteiger partial charge is 0.461 e. The van der Waals surface area contributed by atoms with Crippen LogP contribution >= 0.6 is 81.9 Å². The number of ether oxygens (including phenoxy) is 2. The van der Waals surface area contributed by atoms with Gasteiger partial charge in [0.1, 0.15) is 13.2 Å². The van der Waals surface area contributed by atoms with Gasteiger partial charge >= 0.3 is 11.9 Å². The van der Waals surface area contributed by atoms with Crippen LogP contribution in [0.15, 0.2) is 45.9 Å². The lowest BCUT2D eigenvalue weighted by Crippen LogP contribution is -2.14. The summed E-state index contributed by atoms with van der Waals surface area (Å²) in [6.45, 7) is 7.80. The van der Waals surface area contributed by atoms with Crippen molar-refractivity contribution in [1.29, 1.82) is 0 Å². The lowest BCUT2D eigenvalue weighted by atomic mass is 10.5. The highest BCUT2D eigenvalue weighted by Gasteiger charge is 2.28. The van der Waals surface area contributed by atoms with Crippen molar-refractivity contribution in [3.05, 3.63) is 37.4 Å². The van der Waals surface area contributed by atoms with E-state index in [-0.39, 0.29) is 11.9 Å². The second kappa shape index (κ2) is 13.8. The smallest absolute Gasteiger partial charge is 0.330 e. The van der Waals surface area contributed by atoms with Crippen LogP contribution < -0.4 is 0 Å². The first-order valence-electron chi connectivity index (χ1n) is 9.53. The molecule has 1 aromatic rings. The molecule has 0 aromatic carbocycles. The maximum absolute atomic E-state index is 11.2. The third kappa shape index (κ3) is 9.17. The first-order valence-corrected chi connectivity index (χ1v) is 16.3. The average Bonchev–Trinajstić information content (AvgIpc) is 3.53. The van der Waals surface area contributed by atoms with Crippen molar-refractivity contribution in [3.8, 4) is 0 Å². The molecule has 4 unspecified atom stereocenters. The molecule has 2 aliphatic heterocycles. The predicted octanol–water partition coefficient (Wildman–Crippen LogP) is 5.74. The zero-order chi connectivity index (χ0) is 22.1. The van der Waals surface area contributed by atoms with E-state index < -0.39 is 0 Å². The molecule has 2 fully saturated rings. The molecule has 31 heavy (non-hydrogen) atoms. The highest BCUT2D eigenvalue weighted by molar-refractivity contribution is 8.22. The quantitative estimate of drug-likeness (QED) is 0.182. The molecule has 0 spiro atoms. The summed E-state index contributed by atoms with van der Waals surface area (Å²) in [7, 11) is 0. The van der Waals surface area contributed by atoms with E-state index in [1.165, 1.54) is 20.6 Å². The summed E-state index contributed by atoms with van der Waals surface area (Å²) in [6, 6.07) is 4.44. The number of hydrogen-bond donors (Lipinski definition) is 0. The highest BCUT2D eigenvalue weighted by Crippen LogP contribution is 2.44. The van der Waals surface area contributed by atoms with Crippen LogP contribution in [0.3, 0.4) is 0 Å². The summed E-state index contributed by atoms with van der Waals surface area (Å²) in [6.07, 6.45) is 2.44. The Morgan fingerprint density at radius 1 is 0.903 bits per heavy atom. The molecule has 4 nitrogen and oxygen atoms in total. The van der Waals surface area contributed by atoms with Crippen molar-refractivity contribution in [2.75, 3.05) is 36.2 Å². The van der Waals surface area contributed by atoms with Crippen LogP contribution in [0.5, 0.6) is 0 Å². The molecular weight excluding hydrogens is 529 g/mol. The summed E-state index contributed by atoms with van der Waals surface area (Å²) >= 11 is 13.4. The van der Waals surface area contributed by atoms with E-state index in [0.29, 0.717) is 32.9 Å². The van der Waals surface area contributed by atoms with Crippen LogP contribution in [-0.4, -0.2) is 67.8 Å². The molecule has 2 saturated heterocycles. The van der Waals surface area contributed by atoms with Gasteiger partial charge in [-0.05, 0) is 12.1 Å². The fourth-order valence-corrected chi connectivity index (χ4v) is 13.1. The molecule has 4 atom stereocenters. The molecule has 1 aromatic heterocycles. The van der Waals surface area contributed by atoms with Gasteiger partial charge in [0.2, 0.25) is 0 Å². The van der Waals surface area contributed by atoms with Gasteiger partial charge in [-0.25, -0.2) is 9.59 Å². The maximum atomic E-state index is 11.2. The van der Waals surface area contributed by atoms with Gasteiger partial charge in [0.05, 0.1) is 17.6 Å². The normalized spacial score (nSPS) is 25.3. The lowest BCUT2D eigenvalue weighted by molar-refractivity contribution is -0.138. The highest BCUT2D eigenvalue weighted by atomic mass is 32.2. The van der Waals surface area contributed by atoms with E-state index in [2.05, 4.69) is 25.3 Å². The summed E-state index contributed by atoms with van der Waals surface area (Å²) in [4.78, 5) is 22.4. The van der Waals surface area contributed by atoms with Gasteiger partial charge < -0.3 is 9.47 Å². The topological polar surface area (TPSA) is 52.6 Å². The molecule has 3 heterocycles. The van der Waals surface area contributed by atoms with Gasteiger partial charge in [0.25, 0.3) is 0 Å². The summed E-state index contributed by atoms with van der Waals surface area (Å²) in [5, 5.41) is 0.749. The van der Waals surface area contributed by atoms with E-state index in [1.54, 1.807) is 0 Å². The number of carbonyl (C=O) groups excluding carboxylic acids is 2. The first-order chi connectivity index (χ1) is 15.1. The SMILES string of the molecule is C=CC(=O)OCC1CSC(CSc2ccc(SCC3SCC(COC(=O)C=C)S3)s2)S1. The molecule has 0 N–H and O–H groups in total. The Hall–Kier alpha value is 0.220. The van der Waals surface area contributed by atoms with Crippen LogP contribution in [0.1, 0.15) is 0 Å². The Labute approximate surface area is 213 Å². The number of hydrogen-bond acceptors (Lipinski definition) is 11. The molecule has 11 heteroatoms. The van der Waals surface area contributed by atoms with Crippen molar-refractivity contribution >= 4 is 93.8 Å². The van der Waals surface area contributed by atoms with Crippen molar-refractivity contribution < 1.29 is 19.1 Å². The third-order valence-corrected chi connectivity index (χ3v) is 15.1. The zero-order valence-electron chi connectivity index (χ0n) is 16.8. The average molecular weight is 553 g/mol. The van der Waals surface area contributed by atoms with E-state index in [1.807, 2.05) is 81.9 Å². The molecule has 0 bridgehead atoms. The van der Waals surface area contributed by atoms with Gasteiger partial charge in [-0.3, -0.25) is 0 Å². The van der Waals surface area contributed by atoms with Crippen LogP contribution in [0.4, 0.5) is 0 Å². The molecule has 0 radical (unpaired) electrons. The van der Waals surface area contributed by atoms with E-state index in [9.17, 15) is 9.59 Å². The van der Waals surface area contributed by atoms with Crippen LogP contribution in [-0.2, 0) is 19.1 Å². The summed E-state index contributed by atoms with van der Waals surface area (Å²) in [5.74, 6) is 3.49. The van der Waals surface area contributed by atoms with Crippen molar-refractivity contribution in [2.45, 2.75) is 28.1 Å². The number of esters is 2. The van der Waals surface area contributed by atoms with Gasteiger partial charge in [-0.15, -0.1) is 81.9 Å². The summed E-state index contributed by atoms with van der Waals surface area (Å²) in [5.41, 5.74) is 0. The Morgan fingerprint density at radius 2 is 1.35 bits per heavy atom. The molecule has 0 saturated carbocycles. The van der Waals surface area contributed by atoms with Crippen molar-refractivity contribution in [1.82, 2.24) is 0 Å². The van der Waals surface area contributed by atoms with Crippen molar-refractivity contribution in [2.24, 2.45) is 0 Å². The Morgan fingerprint density at radius 3 is 1.77 bits per heavy atom. The maximum Gasteiger partial charge on any atom is 0.330 e.